The van der Waals surface area contributed by atoms with Gasteiger partial charge in [0, 0.05) is 54.0 Å². The first-order chi connectivity index (χ1) is 18.8. The van der Waals surface area contributed by atoms with Crippen LogP contribution in [0, 0.1) is 6.92 Å². The standard InChI is InChI=1S/C31H33BrN2O5/c1-4-38-26-16-19(15-21(32)31(26)39-17-27(37)33-20-13-11-18(2)12-14-20)28-29-22(7-5-9-24(29)35)34(3)23-8-6-10-25(36)30(23)28/h11-16,28H,4-10,17H2,1-3H3,(H,33,37). The molecular weight excluding hydrogens is 560 g/mol. The second kappa shape index (κ2) is 11.4. The zero-order valence-corrected chi connectivity index (χ0v) is 24.2. The Kier molecular flexibility index (Phi) is 7.93. The van der Waals surface area contributed by atoms with Crippen LogP contribution in [-0.2, 0) is 14.4 Å². The van der Waals surface area contributed by atoms with Crippen LogP contribution in [0.3, 0.4) is 0 Å². The molecule has 8 heteroatoms. The number of aryl methyl sites for hydroxylation is 1. The summed E-state index contributed by atoms with van der Waals surface area (Å²) in [5.74, 6) is 0.320. The molecule has 5 rings (SSSR count). The number of halogens is 1. The van der Waals surface area contributed by atoms with Crippen molar-refractivity contribution in [2.24, 2.45) is 0 Å². The zero-order valence-electron chi connectivity index (χ0n) is 22.6. The van der Waals surface area contributed by atoms with Crippen molar-refractivity contribution in [2.75, 3.05) is 25.6 Å². The Bertz CT molecular complexity index is 1350. The minimum atomic E-state index is -0.443. The van der Waals surface area contributed by atoms with Gasteiger partial charge in [-0.15, -0.1) is 0 Å². The Labute approximate surface area is 237 Å². The second-order valence-electron chi connectivity index (χ2n) is 10.2. The van der Waals surface area contributed by atoms with Crippen LogP contribution >= 0.6 is 15.9 Å². The normalized spacial score (nSPS) is 17.7. The number of carbonyl (C=O) groups is 3. The Morgan fingerprint density at radius 3 is 2.18 bits per heavy atom. The van der Waals surface area contributed by atoms with Crippen molar-refractivity contribution >= 4 is 39.1 Å². The van der Waals surface area contributed by atoms with Crippen LogP contribution < -0.4 is 14.8 Å². The lowest BCUT2D eigenvalue weighted by Gasteiger charge is -2.42. The maximum Gasteiger partial charge on any atom is 0.262 e. The summed E-state index contributed by atoms with van der Waals surface area (Å²) in [6.45, 7) is 4.04. The molecule has 0 fully saturated rings. The molecule has 2 aliphatic carbocycles. The first-order valence-electron chi connectivity index (χ1n) is 13.5. The van der Waals surface area contributed by atoms with Crippen LogP contribution in [0.4, 0.5) is 5.69 Å². The van der Waals surface area contributed by atoms with Gasteiger partial charge in [-0.2, -0.15) is 0 Å². The molecule has 0 saturated heterocycles. The van der Waals surface area contributed by atoms with Crippen molar-refractivity contribution < 1.29 is 23.9 Å². The zero-order chi connectivity index (χ0) is 27.7. The number of ether oxygens (including phenoxy) is 2. The maximum absolute atomic E-state index is 13.3. The third-order valence-electron chi connectivity index (χ3n) is 7.59. The molecule has 0 spiro atoms. The molecule has 2 aromatic rings. The van der Waals surface area contributed by atoms with Gasteiger partial charge in [0.2, 0.25) is 0 Å². The average Bonchev–Trinajstić information content (AvgIpc) is 2.91. The van der Waals surface area contributed by atoms with Gasteiger partial charge in [-0.05, 0) is 85.3 Å². The summed E-state index contributed by atoms with van der Waals surface area (Å²) in [6, 6.07) is 11.3. The van der Waals surface area contributed by atoms with Gasteiger partial charge in [-0.1, -0.05) is 17.7 Å². The lowest BCUT2D eigenvalue weighted by molar-refractivity contribution is -0.118. The molecule has 7 nitrogen and oxygen atoms in total. The van der Waals surface area contributed by atoms with E-state index in [9.17, 15) is 14.4 Å². The fourth-order valence-electron chi connectivity index (χ4n) is 5.82. The number of hydrogen-bond acceptors (Lipinski definition) is 6. The summed E-state index contributed by atoms with van der Waals surface area (Å²) in [5.41, 5.74) is 6.09. The predicted octanol–water partition coefficient (Wildman–Crippen LogP) is 6.22. The van der Waals surface area contributed by atoms with Gasteiger partial charge in [0.25, 0.3) is 5.91 Å². The van der Waals surface area contributed by atoms with E-state index in [0.29, 0.717) is 41.1 Å². The Hall–Kier alpha value is -3.39. The van der Waals surface area contributed by atoms with Gasteiger partial charge in [-0.25, -0.2) is 0 Å². The van der Waals surface area contributed by atoms with Crippen molar-refractivity contribution in [2.45, 2.75) is 58.3 Å². The molecule has 1 aliphatic heterocycles. The SMILES string of the molecule is CCOc1cc(C2C3=C(CCCC3=O)N(C)C3=C2C(=O)CCC3)cc(Br)c1OCC(=O)Nc1ccc(C)cc1. The lowest BCUT2D eigenvalue weighted by atomic mass is 9.71. The number of ketones is 2. The molecule has 1 amide bonds. The van der Waals surface area contributed by atoms with Crippen molar-refractivity contribution in [3.63, 3.8) is 0 Å². The molecule has 3 aliphatic rings. The summed E-state index contributed by atoms with van der Waals surface area (Å²) < 4.78 is 12.5. The van der Waals surface area contributed by atoms with Crippen LogP contribution in [0.2, 0.25) is 0 Å². The molecule has 2 aromatic carbocycles. The number of Topliss-reactive ketones (excluding diaryl/α,β-unsaturated/α-hetero) is 2. The monoisotopic (exact) mass is 592 g/mol. The van der Waals surface area contributed by atoms with E-state index in [1.807, 2.05) is 57.3 Å². The van der Waals surface area contributed by atoms with E-state index in [0.717, 1.165) is 59.4 Å². The molecule has 1 N–H and O–H groups in total. The molecular formula is C31H33BrN2O5. The van der Waals surface area contributed by atoms with E-state index in [4.69, 9.17) is 9.47 Å². The minimum absolute atomic E-state index is 0.0974. The van der Waals surface area contributed by atoms with Crippen molar-refractivity contribution in [1.29, 1.82) is 0 Å². The van der Waals surface area contributed by atoms with Crippen LogP contribution in [-0.4, -0.2) is 42.6 Å². The molecule has 0 unspecified atom stereocenters. The number of benzene rings is 2. The Balaban J connectivity index is 1.49. The number of amides is 1. The number of carbonyl (C=O) groups excluding carboxylic acids is 3. The van der Waals surface area contributed by atoms with Crippen LogP contribution in [0.1, 0.15) is 62.5 Å². The van der Waals surface area contributed by atoms with Crippen molar-refractivity contribution in [3.05, 3.63) is 74.5 Å². The summed E-state index contributed by atoms with van der Waals surface area (Å²) in [5, 5.41) is 2.84. The molecule has 39 heavy (non-hydrogen) atoms. The molecule has 0 saturated carbocycles. The van der Waals surface area contributed by atoms with Gasteiger partial charge in [-0.3, -0.25) is 14.4 Å². The van der Waals surface area contributed by atoms with Crippen LogP contribution in [0.5, 0.6) is 11.5 Å². The molecule has 0 atom stereocenters. The first kappa shape index (κ1) is 27.2. The smallest absolute Gasteiger partial charge is 0.262 e. The third kappa shape index (κ3) is 5.39. The third-order valence-corrected chi connectivity index (χ3v) is 8.18. The molecule has 204 valence electrons. The summed E-state index contributed by atoms with van der Waals surface area (Å²) >= 11 is 3.63. The van der Waals surface area contributed by atoms with Crippen LogP contribution in [0.25, 0.3) is 0 Å². The summed E-state index contributed by atoms with van der Waals surface area (Å²) in [4.78, 5) is 41.3. The summed E-state index contributed by atoms with van der Waals surface area (Å²) in [7, 11) is 1.98. The Morgan fingerprint density at radius 1 is 0.974 bits per heavy atom. The molecule has 0 bridgehead atoms. The Morgan fingerprint density at radius 2 is 1.59 bits per heavy atom. The number of allylic oxidation sites excluding steroid dienone is 4. The molecule has 0 radical (unpaired) electrons. The van der Waals surface area contributed by atoms with Crippen LogP contribution in [0.15, 0.2) is 63.4 Å². The predicted molar refractivity (Wildman–Crippen MR) is 153 cm³/mol. The van der Waals surface area contributed by atoms with Gasteiger partial charge >= 0.3 is 0 Å². The first-order valence-corrected chi connectivity index (χ1v) is 14.3. The molecule has 0 aromatic heterocycles. The van der Waals surface area contributed by atoms with Gasteiger partial charge < -0.3 is 19.7 Å². The quantitative estimate of drug-likeness (QED) is 0.411. The van der Waals surface area contributed by atoms with E-state index in [1.54, 1.807) is 0 Å². The topological polar surface area (TPSA) is 84.9 Å². The number of hydrogen-bond donors (Lipinski definition) is 1. The average molecular weight is 594 g/mol. The highest BCUT2D eigenvalue weighted by Crippen LogP contribution is 2.50. The highest BCUT2D eigenvalue weighted by Gasteiger charge is 2.42. The van der Waals surface area contributed by atoms with E-state index in [-0.39, 0.29) is 24.1 Å². The molecule has 1 heterocycles. The van der Waals surface area contributed by atoms with E-state index < -0.39 is 5.92 Å². The number of nitrogens with one attached hydrogen (secondary N) is 1. The van der Waals surface area contributed by atoms with E-state index in [2.05, 4.69) is 26.1 Å². The number of rotatable bonds is 7. The highest BCUT2D eigenvalue weighted by molar-refractivity contribution is 9.10. The summed E-state index contributed by atoms with van der Waals surface area (Å²) in [6.07, 6.45) is 4.23. The maximum atomic E-state index is 13.3. The minimum Gasteiger partial charge on any atom is -0.490 e. The fraction of sp³-hybridized carbons (Fsp3) is 0.387. The van der Waals surface area contributed by atoms with Gasteiger partial charge in [0.1, 0.15) is 0 Å². The van der Waals surface area contributed by atoms with Gasteiger partial charge in [0.15, 0.2) is 29.7 Å². The largest absolute Gasteiger partial charge is 0.490 e. The van der Waals surface area contributed by atoms with E-state index >= 15 is 0 Å². The van der Waals surface area contributed by atoms with Crippen molar-refractivity contribution in [3.8, 4) is 11.5 Å². The highest BCUT2D eigenvalue weighted by atomic mass is 79.9. The van der Waals surface area contributed by atoms with Crippen molar-refractivity contribution in [1.82, 2.24) is 4.90 Å². The fourth-order valence-corrected chi connectivity index (χ4v) is 6.39. The number of nitrogens with zero attached hydrogens (tertiary/aromatic N) is 1. The second-order valence-corrected chi connectivity index (χ2v) is 11.1. The van der Waals surface area contributed by atoms with E-state index in [1.165, 1.54) is 0 Å². The van der Waals surface area contributed by atoms with Gasteiger partial charge in [0.05, 0.1) is 11.1 Å². The lowest BCUT2D eigenvalue weighted by Crippen LogP contribution is -2.37. The number of anilines is 1.